The van der Waals surface area contributed by atoms with Gasteiger partial charge in [0.15, 0.2) is 0 Å². The molecule has 0 unspecified atom stereocenters. The Morgan fingerprint density at radius 3 is 2.05 bits per heavy atom. The fourth-order valence-corrected chi connectivity index (χ4v) is 3.08. The molecule has 0 saturated carbocycles. The fourth-order valence-electron chi connectivity index (χ4n) is 1.45. The van der Waals surface area contributed by atoms with Crippen LogP contribution in [0.15, 0.2) is 53.4 Å². The number of benzene rings is 2. The van der Waals surface area contributed by atoms with E-state index in [1.165, 1.54) is 24.3 Å². The summed E-state index contributed by atoms with van der Waals surface area (Å²) >= 11 is -1.09. The first-order valence-electron chi connectivity index (χ1n) is 5.33. The van der Waals surface area contributed by atoms with Crippen molar-refractivity contribution in [3.63, 3.8) is 0 Å². The SMILES string of the molecule is Nc1ccc(S(=O)(=O)Nc2ccc([As]=O)cc2)cc1. The first-order chi connectivity index (χ1) is 9.01. The van der Waals surface area contributed by atoms with E-state index in [9.17, 15) is 12.2 Å². The monoisotopic (exact) mass is 338 g/mol. The standard InChI is InChI=1S/C12H11AsN2O3S/c14-10-3-7-12(8-4-10)19(17,18)15-11-5-1-9(13-16)2-6-11/h1-8,15H,14H2. The van der Waals surface area contributed by atoms with Crippen LogP contribution in [0.4, 0.5) is 11.4 Å². The third-order valence-electron chi connectivity index (χ3n) is 2.42. The Labute approximate surface area is 117 Å². The van der Waals surface area contributed by atoms with Gasteiger partial charge in [0, 0.05) is 0 Å². The second-order valence-electron chi connectivity index (χ2n) is 3.81. The van der Waals surface area contributed by atoms with Crippen molar-refractivity contribution in [2.75, 3.05) is 10.5 Å². The zero-order valence-electron chi connectivity index (χ0n) is 9.78. The maximum absolute atomic E-state index is 12.1. The Kier molecular flexibility index (Phi) is 4.02. The van der Waals surface area contributed by atoms with Crippen LogP contribution in [-0.2, 0) is 13.8 Å². The van der Waals surface area contributed by atoms with Crippen molar-refractivity contribution in [2.45, 2.75) is 4.90 Å². The van der Waals surface area contributed by atoms with Crippen LogP contribution in [0.25, 0.3) is 0 Å². The zero-order chi connectivity index (χ0) is 13.9. The Bertz CT molecular complexity index is 682. The molecule has 0 saturated heterocycles. The molecule has 2 aromatic rings. The summed E-state index contributed by atoms with van der Waals surface area (Å²) in [6.45, 7) is 0. The Morgan fingerprint density at radius 2 is 1.53 bits per heavy atom. The average molecular weight is 338 g/mol. The fraction of sp³-hybridized carbons (Fsp3) is 0. The van der Waals surface area contributed by atoms with Crippen LogP contribution < -0.4 is 14.8 Å². The molecule has 98 valence electrons. The molecule has 0 atom stereocenters. The van der Waals surface area contributed by atoms with Gasteiger partial charge < -0.3 is 0 Å². The maximum atomic E-state index is 12.1. The molecule has 0 aliphatic heterocycles. The summed E-state index contributed by atoms with van der Waals surface area (Å²) in [5, 5.41) is 0. The van der Waals surface area contributed by atoms with Gasteiger partial charge in [-0.15, -0.1) is 0 Å². The van der Waals surface area contributed by atoms with E-state index >= 15 is 0 Å². The number of nitrogens with two attached hydrogens (primary N) is 1. The topological polar surface area (TPSA) is 89.3 Å². The van der Waals surface area contributed by atoms with Gasteiger partial charge in [0.25, 0.3) is 0 Å². The molecule has 0 aliphatic rings. The summed E-state index contributed by atoms with van der Waals surface area (Å²) in [6.07, 6.45) is 0. The number of rotatable bonds is 4. The van der Waals surface area contributed by atoms with Gasteiger partial charge in [-0.25, -0.2) is 0 Å². The molecule has 19 heavy (non-hydrogen) atoms. The number of nitrogens with one attached hydrogen (secondary N) is 1. The number of hydrogen-bond acceptors (Lipinski definition) is 4. The first-order valence-corrected chi connectivity index (χ1v) is 8.52. The molecule has 0 bridgehead atoms. The third-order valence-corrected chi connectivity index (χ3v) is 4.88. The number of hydrogen-bond donors (Lipinski definition) is 2. The molecular formula is C12H11AsN2O3S. The van der Waals surface area contributed by atoms with Crippen LogP contribution in [-0.4, -0.2) is 24.1 Å². The molecular weight excluding hydrogens is 327 g/mol. The predicted molar refractivity (Wildman–Crippen MR) is 74.2 cm³/mol. The molecule has 2 rings (SSSR count). The van der Waals surface area contributed by atoms with E-state index in [2.05, 4.69) is 4.72 Å². The first kappa shape index (κ1) is 13.8. The van der Waals surface area contributed by atoms with Crippen molar-refractivity contribution in [3.05, 3.63) is 48.5 Å². The molecule has 0 aromatic heterocycles. The third kappa shape index (κ3) is 3.42. The van der Waals surface area contributed by atoms with Gasteiger partial charge in [-0.3, -0.25) is 0 Å². The van der Waals surface area contributed by atoms with Crippen molar-refractivity contribution in [1.82, 2.24) is 0 Å². The van der Waals surface area contributed by atoms with Gasteiger partial charge >= 0.3 is 117 Å². The summed E-state index contributed by atoms with van der Waals surface area (Å²) in [5.41, 5.74) is 6.44. The van der Waals surface area contributed by atoms with Gasteiger partial charge in [-0.05, 0) is 0 Å². The molecule has 5 nitrogen and oxygen atoms in total. The van der Waals surface area contributed by atoms with E-state index in [1.807, 2.05) is 0 Å². The Balaban J connectivity index is 2.25. The van der Waals surface area contributed by atoms with E-state index in [4.69, 9.17) is 5.73 Å². The quantitative estimate of drug-likeness (QED) is 0.636. The van der Waals surface area contributed by atoms with Crippen LogP contribution >= 0.6 is 0 Å². The molecule has 2 aromatic carbocycles. The minimum atomic E-state index is -3.63. The van der Waals surface area contributed by atoms with Crippen molar-refractivity contribution in [3.8, 4) is 0 Å². The summed E-state index contributed by atoms with van der Waals surface area (Å²) < 4.78 is 38.0. The van der Waals surface area contributed by atoms with Gasteiger partial charge in [0.05, 0.1) is 0 Å². The molecule has 0 fully saturated rings. The number of anilines is 2. The molecule has 7 heteroatoms. The predicted octanol–water partition coefficient (Wildman–Crippen LogP) is 0.745. The Hall–Kier alpha value is -1.65. The van der Waals surface area contributed by atoms with Crippen LogP contribution in [0.3, 0.4) is 0 Å². The molecule has 0 radical (unpaired) electrons. The van der Waals surface area contributed by atoms with Crippen molar-refractivity contribution in [2.24, 2.45) is 0 Å². The summed E-state index contributed by atoms with van der Waals surface area (Å²) in [6, 6.07) is 12.4. The van der Waals surface area contributed by atoms with Crippen molar-refractivity contribution in [1.29, 1.82) is 0 Å². The van der Waals surface area contributed by atoms with E-state index in [0.717, 1.165) is 0 Å². The second-order valence-corrected chi connectivity index (χ2v) is 6.96. The summed E-state index contributed by atoms with van der Waals surface area (Å²) in [4.78, 5) is 0.140. The van der Waals surface area contributed by atoms with Crippen molar-refractivity contribution < 1.29 is 12.2 Å². The van der Waals surface area contributed by atoms with Crippen LogP contribution in [0.1, 0.15) is 0 Å². The van der Waals surface area contributed by atoms with Crippen LogP contribution in [0.5, 0.6) is 0 Å². The molecule has 0 spiro atoms. The zero-order valence-corrected chi connectivity index (χ0v) is 12.5. The molecule has 0 heterocycles. The van der Waals surface area contributed by atoms with Gasteiger partial charge in [0.1, 0.15) is 0 Å². The van der Waals surface area contributed by atoms with Crippen molar-refractivity contribution >= 4 is 41.4 Å². The van der Waals surface area contributed by atoms with E-state index < -0.39 is 25.7 Å². The normalized spacial score (nSPS) is 11.4. The van der Waals surface area contributed by atoms with Crippen LogP contribution in [0.2, 0.25) is 0 Å². The molecule has 0 aliphatic carbocycles. The van der Waals surface area contributed by atoms with Gasteiger partial charge in [-0.1, -0.05) is 0 Å². The summed E-state index contributed by atoms with van der Waals surface area (Å²) in [7, 11) is -3.63. The molecule has 3 N–H and O–H groups in total. The number of sulfonamides is 1. The second kappa shape index (κ2) is 5.55. The summed E-state index contributed by atoms with van der Waals surface area (Å²) in [5.74, 6) is 0. The van der Waals surface area contributed by atoms with E-state index in [0.29, 0.717) is 15.7 Å². The Morgan fingerprint density at radius 1 is 0.947 bits per heavy atom. The minimum absolute atomic E-state index is 0.140. The van der Waals surface area contributed by atoms with Crippen LogP contribution in [0, 0.1) is 0 Å². The van der Waals surface area contributed by atoms with Gasteiger partial charge in [0.2, 0.25) is 0 Å². The van der Waals surface area contributed by atoms with E-state index in [1.54, 1.807) is 24.3 Å². The number of nitrogen functional groups attached to an aromatic ring is 1. The van der Waals surface area contributed by atoms with Gasteiger partial charge in [-0.2, -0.15) is 0 Å². The molecule has 0 amide bonds. The van der Waals surface area contributed by atoms with E-state index in [-0.39, 0.29) is 4.90 Å². The average Bonchev–Trinajstić information content (AvgIpc) is 2.40.